The molecule has 1 unspecified atom stereocenters. The predicted octanol–water partition coefficient (Wildman–Crippen LogP) is 2.77. The first-order chi connectivity index (χ1) is 8.33. The first-order valence-electron chi connectivity index (χ1n) is 6.27. The SMILES string of the molecule is CCCNC(COCC)c1ccccc1OC. The van der Waals surface area contributed by atoms with Gasteiger partial charge in [-0.05, 0) is 26.0 Å². The summed E-state index contributed by atoms with van der Waals surface area (Å²) >= 11 is 0. The Kier molecular flexibility index (Phi) is 6.67. The van der Waals surface area contributed by atoms with Crippen molar-refractivity contribution in [2.75, 3.05) is 26.9 Å². The van der Waals surface area contributed by atoms with Gasteiger partial charge in [0.15, 0.2) is 0 Å². The maximum atomic E-state index is 5.53. The Morgan fingerprint density at radius 2 is 2.00 bits per heavy atom. The van der Waals surface area contributed by atoms with Crippen LogP contribution >= 0.6 is 0 Å². The van der Waals surface area contributed by atoms with Crippen LogP contribution in [0.3, 0.4) is 0 Å². The summed E-state index contributed by atoms with van der Waals surface area (Å²) in [5.41, 5.74) is 1.16. The predicted molar refractivity (Wildman–Crippen MR) is 70.5 cm³/mol. The minimum absolute atomic E-state index is 0.200. The number of ether oxygens (including phenoxy) is 2. The van der Waals surface area contributed by atoms with E-state index in [1.54, 1.807) is 7.11 Å². The molecule has 1 N–H and O–H groups in total. The minimum Gasteiger partial charge on any atom is -0.496 e. The molecule has 0 saturated carbocycles. The summed E-state index contributed by atoms with van der Waals surface area (Å²) in [6.45, 7) is 6.57. The van der Waals surface area contributed by atoms with E-state index in [4.69, 9.17) is 9.47 Å². The van der Waals surface area contributed by atoms with Gasteiger partial charge in [0.05, 0.1) is 19.8 Å². The fourth-order valence-corrected chi connectivity index (χ4v) is 1.77. The molecule has 1 atom stereocenters. The van der Waals surface area contributed by atoms with Crippen LogP contribution in [0.5, 0.6) is 5.75 Å². The van der Waals surface area contributed by atoms with Gasteiger partial charge in [-0.25, -0.2) is 0 Å². The molecule has 0 fully saturated rings. The standard InChI is InChI=1S/C14H23NO2/c1-4-10-15-13(11-17-5-2)12-8-6-7-9-14(12)16-3/h6-9,13,15H,4-5,10-11H2,1-3H3. The molecular formula is C14H23NO2. The summed E-state index contributed by atoms with van der Waals surface area (Å²) in [6, 6.07) is 8.29. The lowest BCUT2D eigenvalue weighted by atomic mass is 10.1. The average Bonchev–Trinajstić information content (AvgIpc) is 2.39. The Hall–Kier alpha value is -1.06. The third-order valence-electron chi connectivity index (χ3n) is 2.64. The van der Waals surface area contributed by atoms with Crippen LogP contribution in [0, 0.1) is 0 Å². The van der Waals surface area contributed by atoms with Gasteiger partial charge in [0.25, 0.3) is 0 Å². The van der Waals surface area contributed by atoms with Gasteiger partial charge in [0.1, 0.15) is 5.75 Å². The van der Waals surface area contributed by atoms with Crippen LogP contribution in [0.1, 0.15) is 31.9 Å². The maximum Gasteiger partial charge on any atom is 0.123 e. The van der Waals surface area contributed by atoms with Gasteiger partial charge in [0, 0.05) is 12.2 Å². The summed E-state index contributed by atoms with van der Waals surface area (Å²) in [4.78, 5) is 0. The Morgan fingerprint density at radius 3 is 2.65 bits per heavy atom. The third-order valence-corrected chi connectivity index (χ3v) is 2.64. The van der Waals surface area contributed by atoms with Crippen LogP contribution in [0.25, 0.3) is 0 Å². The Labute approximate surface area is 104 Å². The van der Waals surface area contributed by atoms with E-state index in [2.05, 4.69) is 18.3 Å². The molecule has 0 saturated heterocycles. The topological polar surface area (TPSA) is 30.5 Å². The summed E-state index contributed by atoms with van der Waals surface area (Å²) in [7, 11) is 1.70. The molecule has 0 aliphatic rings. The fraction of sp³-hybridized carbons (Fsp3) is 0.571. The van der Waals surface area contributed by atoms with Crippen LogP contribution in [0.2, 0.25) is 0 Å². The Balaban J connectivity index is 2.78. The molecule has 96 valence electrons. The quantitative estimate of drug-likeness (QED) is 0.754. The van der Waals surface area contributed by atoms with Crippen molar-refractivity contribution >= 4 is 0 Å². The van der Waals surface area contributed by atoms with Crippen LogP contribution in [0.4, 0.5) is 0 Å². The molecule has 3 nitrogen and oxygen atoms in total. The zero-order valence-corrected chi connectivity index (χ0v) is 11.0. The van der Waals surface area contributed by atoms with Crippen molar-refractivity contribution < 1.29 is 9.47 Å². The molecule has 0 amide bonds. The lowest BCUT2D eigenvalue weighted by molar-refractivity contribution is 0.122. The first kappa shape index (κ1) is 14.0. The maximum absolute atomic E-state index is 5.53. The number of methoxy groups -OCH3 is 1. The largest absolute Gasteiger partial charge is 0.496 e. The highest BCUT2D eigenvalue weighted by atomic mass is 16.5. The first-order valence-corrected chi connectivity index (χ1v) is 6.27. The molecule has 0 aliphatic heterocycles. The Morgan fingerprint density at radius 1 is 1.24 bits per heavy atom. The van der Waals surface area contributed by atoms with Gasteiger partial charge in [0.2, 0.25) is 0 Å². The molecule has 17 heavy (non-hydrogen) atoms. The zero-order chi connectivity index (χ0) is 12.5. The van der Waals surface area contributed by atoms with Crippen molar-refractivity contribution in [2.24, 2.45) is 0 Å². The van der Waals surface area contributed by atoms with E-state index in [1.165, 1.54) is 0 Å². The number of benzene rings is 1. The minimum atomic E-state index is 0.200. The van der Waals surface area contributed by atoms with Crippen LogP contribution in [0.15, 0.2) is 24.3 Å². The number of nitrogens with one attached hydrogen (secondary N) is 1. The second kappa shape index (κ2) is 8.09. The van der Waals surface area contributed by atoms with Gasteiger partial charge in [-0.3, -0.25) is 0 Å². The molecule has 0 bridgehead atoms. The van der Waals surface area contributed by atoms with Gasteiger partial charge in [-0.2, -0.15) is 0 Å². The summed E-state index contributed by atoms with van der Waals surface area (Å²) < 4.78 is 10.9. The highest BCUT2D eigenvalue weighted by Gasteiger charge is 2.14. The van der Waals surface area contributed by atoms with E-state index in [0.717, 1.165) is 30.9 Å². The van der Waals surface area contributed by atoms with Crippen LogP contribution in [-0.4, -0.2) is 26.9 Å². The molecule has 0 aliphatic carbocycles. The van der Waals surface area contributed by atoms with E-state index < -0.39 is 0 Å². The Bertz CT molecular complexity index is 307. The number of para-hydroxylation sites is 1. The highest BCUT2D eigenvalue weighted by molar-refractivity contribution is 5.35. The molecule has 0 spiro atoms. The monoisotopic (exact) mass is 237 g/mol. The number of hydrogen-bond donors (Lipinski definition) is 1. The van der Waals surface area contributed by atoms with Crippen molar-refractivity contribution in [3.05, 3.63) is 29.8 Å². The second-order valence-electron chi connectivity index (χ2n) is 3.91. The summed E-state index contributed by atoms with van der Waals surface area (Å²) in [5.74, 6) is 0.917. The van der Waals surface area contributed by atoms with Crippen molar-refractivity contribution in [1.82, 2.24) is 5.32 Å². The van der Waals surface area contributed by atoms with Crippen LogP contribution in [-0.2, 0) is 4.74 Å². The zero-order valence-electron chi connectivity index (χ0n) is 11.0. The molecule has 1 aromatic rings. The average molecular weight is 237 g/mol. The van der Waals surface area contributed by atoms with Gasteiger partial charge >= 0.3 is 0 Å². The lowest BCUT2D eigenvalue weighted by Gasteiger charge is -2.20. The van der Waals surface area contributed by atoms with E-state index in [-0.39, 0.29) is 6.04 Å². The van der Waals surface area contributed by atoms with E-state index >= 15 is 0 Å². The van der Waals surface area contributed by atoms with Crippen molar-refractivity contribution in [2.45, 2.75) is 26.3 Å². The molecular weight excluding hydrogens is 214 g/mol. The van der Waals surface area contributed by atoms with Crippen molar-refractivity contribution in [3.63, 3.8) is 0 Å². The molecule has 3 heteroatoms. The number of rotatable bonds is 8. The second-order valence-corrected chi connectivity index (χ2v) is 3.91. The van der Waals surface area contributed by atoms with E-state index in [0.29, 0.717) is 6.61 Å². The molecule has 1 aromatic carbocycles. The smallest absolute Gasteiger partial charge is 0.123 e. The fourth-order valence-electron chi connectivity index (χ4n) is 1.77. The molecule has 1 rings (SSSR count). The van der Waals surface area contributed by atoms with Gasteiger partial charge in [-0.15, -0.1) is 0 Å². The summed E-state index contributed by atoms with van der Waals surface area (Å²) in [6.07, 6.45) is 1.11. The molecule has 0 aromatic heterocycles. The highest BCUT2D eigenvalue weighted by Crippen LogP contribution is 2.24. The number of hydrogen-bond acceptors (Lipinski definition) is 3. The van der Waals surface area contributed by atoms with Gasteiger partial charge in [-0.1, -0.05) is 25.1 Å². The lowest BCUT2D eigenvalue weighted by Crippen LogP contribution is -2.26. The molecule has 0 radical (unpaired) electrons. The van der Waals surface area contributed by atoms with Crippen molar-refractivity contribution in [1.29, 1.82) is 0 Å². The molecule has 0 heterocycles. The van der Waals surface area contributed by atoms with Crippen LogP contribution < -0.4 is 10.1 Å². The van der Waals surface area contributed by atoms with Gasteiger partial charge < -0.3 is 14.8 Å². The van der Waals surface area contributed by atoms with E-state index in [9.17, 15) is 0 Å². The van der Waals surface area contributed by atoms with E-state index in [1.807, 2.05) is 25.1 Å². The third kappa shape index (κ3) is 4.36. The summed E-state index contributed by atoms with van der Waals surface area (Å²) in [5, 5.41) is 3.49. The van der Waals surface area contributed by atoms with Crippen molar-refractivity contribution in [3.8, 4) is 5.75 Å². The normalized spacial score (nSPS) is 12.4.